The summed E-state index contributed by atoms with van der Waals surface area (Å²) < 4.78 is 111. The van der Waals surface area contributed by atoms with Gasteiger partial charge in [-0.15, -0.1) is 0 Å². The van der Waals surface area contributed by atoms with Gasteiger partial charge in [-0.2, -0.15) is 8.61 Å². The summed E-state index contributed by atoms with van der Waals surface area (Å²) in [6.07, 6.45) is 0. The Hall–Kier alpha value is 0.0800. The van der Waals surface area contributed by atoms with Crippen molar-refractivity contribution in [3.05, 3.63) is 54.3 Å². The van der Waals surface area contributed by atoms with Crippen molar-refractivity contribution in [1.29, 1.82) is 0 Å². The molecule has 0 bridgehead atoms. The maximum atomic E-state index is 14.1. The number of fused-ring (bicyclic) bond motifs is 2. The van der Waals surface area contributed by atoms with Crippen LogP contribution in [0.5, 0.6) is 0 Å². The lowest BCUT2D eigenvalue weighted by molar-refractivity contribution is 0.0841. The van der Waals surface area contributed by atoms with Crippen LogP contribution in [0.15, 0.2) is 64.1 Å². The van der Waals surface area contributed by atoms with Crippen molar-refractivity contribution in [3.8, 4) is 0 Å². The van der Waals surface area contributed by atoms with Crippen LogP contribution in [0, 0.1) is 0 Å². The van der Waals surface area contributed by atoms with Gasteiger partial charge in [0.15, 0.2) is 19.7 Å². The van der Waals surface area contributed by atoms with Crippen LogP contribution in [0.3, 0.4) is 0 Å². The molecule has 3 aliphatic heterocycles. The lowest BCUT2D eigenvalue weighted by Gasteiger charge is -2.49. The second-order valence-electron chi connectivity index (χ2n) is 9.24. The molecule has 3 aliphatic rings. The number of piperazine rings is 1. The number of hydrogen-bond donors (Lipinski definition) is 0. The van der Waals surface area contributed by atoms with Crippen LogP contribution in [-0.4, -0.2) is 89.5 Å². The molecule has 18 heteroatoms. The molecule has 0 amide bonds. The van der Waals surface area contributed by atoms with Crippen LogP contribution in [0.25, 0.3) is 0 Å². The van der Waals surface area contributed by atoms with Crippen molar-refractivity contribution >= 4 is 103 Å². The van der Waals surface area contributed by atoms with Gasteiger partial charge in [0.05, 0.1) is 57.0 Å². The maximum Gasteiger partial charge on any atom is 0.244 e. The normalized spacial score (nSPS) is 29.2. The summed E-state index contributed by atoms with van der Waals surface area (Å²) in [5, 5.41) is 0. The Morgan fingerprint density at radius 2 is 0.868 bits per heavy atom. The summed E-state index contributed by atoms with van der Waals surface area (Å²) in [6, 6.07) is 3.55. The molecule has 3 fully saturated rings. The number of sulfone groups is 2. The fourth-order valence-corrected chi connectivity index (χ4v) is 16.3. The summed E-state index contributed by atoms with van der Waals surface area (Å²) in [5.41, 5.74) is 0. The average molecular weight is 862 g/mol. The maximum absolute atomic E-state index is 14.1. The summed E-state index contributed by atoms with van der Waals surface area (Å²) in [5.74, 6) is -2.57. The van der Waals surface area contributed by atoms with E-state index in [-0.39, 0.29) is 18.7 Å². The van der Waals surface area contributed by atoms with Gasteiger partial charge in [-0.1, -0.05) is 31.9 Å². The molecule has 0 N–H and O–H groups in total. The average Bonchev–Trinajstić information content (AvgIpc) is 3.26. The first-order valence-electron chi connectivity index (χ1n) is 10.8. The van der Waals surface area contributed by atoms with Crippen LogP contribution >= 0.6 is 63.7 Å². The summed E-state index contributed by atoms with van der Waals surface area (Å²) in [7, 11) is -16.7. The molecule has 0 aromatic heterocycles. The molecule has 0 aliphatic carbocycles. The quantitative estimate of drug-likeness (QED) is 0.457. The van der Waals surface area contributed by atoms with E-state index in [1.165, 1.54) is 24.3 Å². The Kier molecular flexibility index (Phi) is 7.65. The van der Waals surface area contributed by atoms with Gasteiger partial charge in [-0.05, 0) is 68.3 Å². The van der Waals surface area contributed by atoms with E-state index in [4.69, 9.17) is 0 Å². The molecular weight excluding hydrogens is 844 g/mol. The number of hydrogen-bond acceptors (Lipinski definition) is 8. The highest BCUT2D eigenvalue weighted by atomic mass is 79.9. The van der Waals surface area contributed by atoms with Gasteiger partial charge in [0, 0.05) is 17.9 Å². The molecule has 3 saturated heterocycles. The first-order valence-corrected chi connectivity index (χ1v) is 20.5. The van der Waals surface area contributed by atoms with E-state index in [0.29, 0.717) is 8.95 Å². The Morgan fingerprint density at radius 3 is 1.16 bits per heavy atom. The standard InChI is InChI=1S/C20H18Br4N2O8S4/c21-11-1-3-13(23)19(5-11)37(31,32)25-15-7-35(27,28)9-17(15)26(18-10-36(29,30)8-16(18)25)38(33,34)20-6-12(22)2-4-14(20)24/h1-6,15-18H,7-10H2/t15-,16-,17-,18+/m0/s1. The number of sulfonamides is 2. The highest BCUT2D eigenvalue weighted by Crippen LogP contribution is 2.45. The summed E-state index contributed by atoms with van der Waals surface area (Å²) in [6.45, 7) is 0. The van der Waals surface area contributed by atoms with E-state index < -0.39 is 86.9 Å². The van der Waals surface area contributed by atoms with E-state index >= 15 is 0 Å². The zero-order valence-electron chi connectivity index (χ0n) is 18.9. The third-order valence-electron chi connectivity index (χ3n) is 6.79. The van der Waals surface area contributed by atoms with Crippen molar-refractivity contribution < 1.29 is 33.7 Å². The largest absolute Gasteiger partial charge is 0.244 e. The zero-order valence-corrected chi connectivity index (χ0v) is 28.5. The molecule has 0 radical (unpaired) electrons. The Bertz CT molecular complexity index is 1610. The number of halogens is 4. The van der Waals surface area contributed by atoms with Gasteiger partial charge in [0.1, 0.15) is 0 Å². The van der Waals surface area contributed by atoms with Crippen molar-refractivity contribution in [1.82, 2.24) is 8.61 Å². The van der Waals surface area contributed by atoms with E-state index in [0.717, 1.165) is 8.61 Å². The predicted octanol–water partition coefficient (Wildman–Crippen LogP) is 2.76. The Balaban J connectivity index is 1.75. The molecule has 38 heavy (non-hydrogen) atoms. The molecule has 208 valence electrons. The van der Waals surface area contributed by atoms with Crippen molar-refractivity contribution in [2.24, 2.45) is 0 Å². The minimum absolute atomic E-state index is 0.191. The van der Waals surface area contributed by atoms with Crippen LogP contribution < -0.4 is 0 Å². The molecule has 5 rings (SSSR count). The summed E-state index contributed by atoms with van der Waals surface area (Å²) >= 11 is 13.0. The molecule has 2 aromatic rings. The van der Waals surface area contributed by atoms with Gasteiger partial charge in [0.2, 0.25) is 20.0 Å². The smallest absolute Gasteiger partial charge is 0.229 e. The fraction of sp³-hybridized carbons (Fsp3) is 0.400. The third-order valence-corrected chi connectivity index (χ3v) is 17.1. The second-order valence-corrected chi connectivity index (χ2v) is 20.7. The number of rotatable bonds is 4. The minimum Gasteiger partial charge on any atom is -0.229 e. The van der Waals surface area contributed by atoms with Gasteiger partial charge in [0.25, 0.3) is 0 Å². The van der Waals surface area contributed by atoms with Crippen LogP contribution in [0.2, 0.25) is 0 Å². The van der Waals surface area contributed by atoms with Gasteiger partial charge < -0.3 is 0 Å². The molecule has 2 aromatic carbocycles. The fourth-order valence-electron chi connectivity index (χ4n) is 5.38. The van der Waals surface area contributed by atoms with Crippen molar-refractivity contribution in [2.45, 2.75) is 34.0 Å². The van der Waals surface area contributed by atoms with Crippen LogP contribution in [0.1, 0.15) is 0 Å². The Morgan fingerprint density at radius 1 is 0.579 bits per heavy atom. The molecule has 0 unspecified atom stereocenters. The minimum atomic E-state index is -4.48. The Labute approximate surface area is 254 Å². The molecule has 0 spiro atoms. The van der Waals surface area contributed by atoms with Gasteiger partial charge >= 0.3 is 0 Å². The van der Waals surface area contributed by atoms with E-state index in [2.05, 4.69) is 63.7 Å². The topological polar surface area (TPSA) is 143 Å². The lowest BCUT2D eigenvalue weighted by atomic mass is 10.0. The third kappa shape index (κ3) is 5.02. The first-order chi connectivity index (χ1) is 17.4. The van der Waals surface area contributed by atoms with Crippen LogP contribution in [0.4, 0.5) is 0 Å². The highest BCUT2D eigenvalue weighted by molar-refractivity contribution is 9.11. The first kappa shape index (κ1) is 29.6. The van der Waals surface area contributed by atoms with E-state index in [1.807, 2.05) is 0 Å². The SMILES string of the molecule is O=S1(=O)C[C@@H]2[C@H](C1)N(S(=O)(=O)c1cc(Br)ccc1Br)[C@H]1CS(=O)(=O)C[C@@H]1N2S(=O)(=O)c1cc(Br)ccc1Br. The van der Waals surface area contributed by atoms with E-state index in [9.17, 15) is 33.7 Å². The zero-order chi connectivity index (χ0) is 28.0. The second kappa shape index (κ2) is 9.83. The molecule has 3 heterocycles. The monoisotopic (exact) mass is 858 g/mol. The molecular formula is C20H18Br4N2O8S4. The predicted molar refractivity (Wildman–Crippen MR) is 154 cm³/mol. The highest BCUT2D eigenvalue weighted by Gasteiger charge is 2.64. The number of benzene rings is 2. The van der Waals surface area contributed by atoms with Gasteiger partial charge in [-0.25, -0.2) is 33.7 Å². The molecule has 4 atom stereocenters. The van der Waals surface area contributed by atoms with Crippen molar-refractivity contribution in [3.63, 3.8) is 0 Å². The van der Waals surface area contributed by atoms with E-state index in [1.54, 1.807) is 12.1 Å². The van der Waals surface area contributed by atoms with Gasteiger partial charge in [-0.3, -0.25) is 0 Å². The summed E-state index contributed by atoms with van der Waals surface area (Å²) in [4.78, 5) is -0.381. The van der Waals surface area contributed by atoms with Crippen LogP contribution in [-0.2, 0) is 39.7 Å². The molecule has 0 saturated carbocycles. The lowest BCUT2D eigenvalue weighted by Crippen LogP contribution is -2.69. The number of nitrogens with zero attached hydrogens (tertiary/aromatic N) is 2. The molecule has 10 nitrogen and oxygen atoms in total. The van der Waals surface area contributed by atoms with Crippen molar-refractivity contribution in [2.75, 3.05) is 23.0 Å².